The molecule has 0 aromatic heterocycles. The maximum Gasteiger partial charge on any atom is 0.252 e. The van der Waals surface area contributed by atoms with Gasteiger partial charge in [-0.3, -0.25) is 0 Å². The van der Waals surface area contributed by atoms with E-state index in [9.17, 15) is 0 Å². The molecule has 8 aromatic rings. The summed E-state index contributed by atoms with van der Waals surface area (Å²) in [7, 11) is 0. The lowest BCUT2D eigenvalue weighted by Crippen LogP contribution is -2.62. The fourth-order valence-electron chi connectivity index (χ4n) is 14.5. The van der Waals surface area contributed by atoms with Gasteiger partial charge in [0.2, 0.25) is 0 Å². The molecule has 0 bridgehead atoms. The van der Waals surface area contributed by atoms with Crippen molar-refractivity contribution in [3.8, 4) is 22.3 Å². The highest BCUT2D eigenvalue weighted by Crippen LogP contribution is 2.65. The van der Waals surface area contributed by atoms with Gasteiger partial charge in [0.15, 0.2) is 0 Å². The van der Waals surface area contributed by atoms with Crippen LogP contribution >= 0.6 is 0 Å². The third-order valence-electron chi connectivity index (χ3n) is 19.7. The lowest BCUT2D eigenvalue weighted by atomic mass is 9.33. The van der Waals surface area contributed by atoms with Crippen molar-refractivity contribution in [1.29, 1.82) is 0 Å². The number of rotatable bonds is 5. The summed E-state index contributed by atoms with van der Waals surface area (Å²) in [6.07, 6.45) is 3.41. The molecule has 0 radical (unpaired) electrons. The Morgan fingerprint density at radius 2 is 0.838 bits per heavy atom. The van der Waals surface area contributed by atoms with Crippen LogP contribution in [0, 0.1) is 11.3 Å². The third-order valence-corrected chi connectivity index (χ3v) is 19.7. The molecule has 3 atom stereocenters. The highest BCUT2D eigenvalue weighted by atomic mass is 15.3. The van der Waals surface area contributed by atoms with E-state index in [4.69, 9.17) is 0 Å². The average molecular weight is 1050 g/mol. The Morgan fingerprint density at radius 3 is 1.32 bits per heavy atom. The van der Waals surface area contributed by atoms with Gasteiger partial charge in [-0.15, -0.1) is 0 Å². The Bertz CT molecular complexity index is 3700. The maximum absolute atomic E-state index is 2.86. The van der Waals surface area contributed by atoms with E-state index in [0.29, 0.717) is 5.92 Å². The molecule has 8 aromatic carbocycles. The zero-order valence-corrected chi connectivity index (χ0v) is 51.3. The molecule has 3 aliphatic heterocycles. The van der Waals surface area contributed by atoms with Crippen LogP contribution in [0.25, 0.3) is 22.3 Å². The van der Waals surface area contributed by atoms with Gasteiger partial charge in [0, 0.05) is 50.7 Å². The molecule has 3 heterocycles. The smallest absolute Gasteiger partial charge is 0.252 e. The van der Waals surface area contributed by atoms with E-state index in [2.05, 4.69) is 302 Å². The molecule has 0 N–H and O–H groups in total. The van der Waals surface area contributed by atoms with Crippen LogP contribution in [0.3, 0.4) is 0 Å². The Balaban J connectivity index is 1.24. The van der Waals surface area contributed by atoms with Gasteiger partial charge in [-0.2, -0.15) is 0 Å². The van der Waals surface area contributed by atoms with Gasteiger partial charge in [0.1, 0.15) is 0 Å². The van der Waals surface area contributed by atoms with Crippen molar-refractivity contribution in [2.24, 2.45) is 11.3 Å². The van der Waals surface area contributed by atoms with Crippen LogP contribution in [-0.2, 0) is 27.1 Å². The van der Waals surface area contributed by atoms with Crippen LogP contribution in [0.1, 0.15) is 165 Å². The number of fused-ring (bicyclic) bond motifs is 7. The predicted octanol–water partition coefficient (Wildman–Crippen LogP) is 19.3. The molecule has 12 rings (SSSR count). The molecule has 4 aliphatic rings. The number of benzene rings is 8. The van der Waals surface area contributed by atoms with Crippen molar-refractivity contribution in [1.82, 2.24) is 0 Å². The quantitative estimate of drug-likeness (QED) is 0.159. The first-order chi connectivity index (χ1) is 37.6. The standard InChI is InChI=1S/C76H86BN3/c1-70(2,3)51-32-36-62(57(42-51)49-26-20-18-21-27-49)78-65-31-25-24-30-60(65)77-61-45-54(73(10,11)12)35-39-66(61)79(63-37-33-52(71(4,5)6)43-58(63)50-28-22-19-23-29-50)68-47-56(46-67(78)69(68)77)80-64-38-34-53(72(7,8)9)44-59(64)75(16)48-55(74(13,14)15)40-41-76(75,80)17/h18-39,42-47,55H,40-41,48H2,1-17H3. The summed E-state index contributed by atoms with van der Waals surface area (Å²) in [6, 6.07) is 66.7. The first-order valence-electron chi connectivity index (χ1n) is 29.9. The van der Waals surface area contributed by atoms with E-state index in [0.717, 1.165) is 12.8 Å². The summed E-state index contributed by atoms with van der Waals surface area (Å²) in [5.74, 6) is 0.592. The molecule has 1 saturated carbocycles. The number of hydrogen-bond acceptors (Lipinski definition) is 3. The summed E-state index contributed by atoms with van der Waals surface area (Å²) in [5.41, 5.74) is 25.4. The molecule has 1 aliphatic carbocycles. The molecule has 0 amide bonds. The van der Waals surface area contributed by atoms with E-state index in [1.54, 1.807) is 0 Å². The number of nitrogens with zero attached hydrogens (tertiary/aromatic N) is 3. The normalized spacial score (nSPS) is 19.8. The van der Waals surface area contributed by atoms with Gasteiger partial charge in [-0.1, -0.05) is 226 Å². The minimum Gasteiger partial charge on any atom is -0.334 e. The Labute approximate surface area is 481 Å². The highest BCUT2D eigenvalue weighted by molar-refractivity contribution is 7.00. The van der Waals surface area contributed by atoms with Gasteiger partial charge in [0.05, 0.1) is 16.9 Å². The minimum absolute atomic E-state index is 0.00491. The second kappa shape index (κ2) is 18.4. The van der Waals surface area contributed by atoms with Crippen molar-refractivity contribution in [2.45, 2.75) is 170 Å². The van der Waals surface area contributed by atoms with Crippen molar-refractivity contribution < 1.29 is 0 Å². The Hall–Kier alpha value is -6.78. The monoisotopic (exact) mass is 1050 g/mol. The van der Waals surface area contributed by atoms with E-state index in [1.807, 2.05) is 0 Å². The molecule has 408 valence electrons. The molecule has 0 saturated heterocycles. The largest absolute Gasteiger partial charge is 0.334 e. The minimum atomic E-state index is -0.225. The van der Waals surface area contributed by atoms with Gasteiger partial charge >= 0.3 is 0 Å². The summed E-state index contributed by atoms with van der Waals surface area (Å²) in [4.78, 5) is 8.23. The summed E-state index contributed by atoms with van der Waals surface area (Å²) < 4.78 is 0. The van der Waals surface area contributed by atoms with Crippen molar-refractivity contribution in [2.75, 3.05) is 14.7 Å². The SMILES string of the molecule is CC(C)(C)c1ccc2c(c1)B1c3ccccc3N(c3ccc(C(C)(C)C)cc3-c3ccccc3)c3cc(N4c5ccc(C(C)(C)C)cc5C5(C)CC(C(C)(C)C)CCC45C)cc(c31)N2c1ccc(C(C)(C)C)cc1-c1ccccc1. The maximum atomic E-state index is 2.86. The lowest BCUT2D eigenvalue weighted by Gasteiger charge is -2.55. The van der Waals surface area contributed by atoms with Crippen LogP contribution in [0.15, 0.2) is 170 Å². The van der Waals surface area contributed by atoms with Crippen molar-refractivity contribution >= 4 is 68.6 Å². The predicted molar refractivity (Wildman–Crippen MR) is 347 cm³/mol. The first-order valence-corrected chi connectivity index (χ1v) is 29.9. The van der Waals surface area contributed by atoms with E-state index >= 15 is 0 Å². The Morgan fingerprint density at radius 1 is 0.412 bits per heavy atom. The third kappa shape index (κ3) is 8.59. The summed E-state index contributed by atoms with van der Waals surface area (Å²) in [6.45, 7) is 41.0. The summed E-state index contributed by atoms with van der Waals surface area (Å²) >= 11 is 0. The second-order valence-electron chi connectivity index (χ2n) is 30.0. The second-order valence-corrected chi connectivity index (χ2v) is 30.0. The highest BCUT2D eigenvalue weighted by Gasteiger charge is 2.61. The van der Waals surface area contributed by atoms with Gasteiger partial charge in [-0.05, 0) is 169 Å². The fourth-order valence-corrected chi connectivity index (χ4v) is 14.5. The molecule has 4 heteroatoms. The molecular formula is C76H86BN3. The van der Waals surface area contributed by atoms with Gasteiger partial charge in [-0.25, -0.2) is 0 Å². The van der Waals surface area contributed by atoms with Crippen molar-refractivity contribution in [3.05, 3.63) is 198 Å². The first kappa shape index (κ1) is 53.8. The van der Waals surface area contributed by atoms with Crippen LogP contribution in [0.4, 0.5) is 45.5 Å². The average Bonchev–Trinajstić information content (AvgIpc) is 2.94. The van der Waals surface area contributed by atoms with Gasteiger partial charge in [0.25, 0.3) is 6.71 Å². The molecule has 3 unspecified atom stereocenters. The Kier molecular flexibility index (Phi) is 12.4. The van der Waals surface area contributed by atoms with Crippen LogP contribution in [-0.4, -0.2) is 12.3 Å². The van der Waals surface area contributed by atoms with Crippen LogP contribution < -0.4 is 31.1 Å². The van der Waals surface area contributed by atoms with E-state index < -0.39 is 0 Å². The zero-order valence-electron chi connectivity index (χ0n) is 51.3. The molecular weight excluding hydrogens is 966 g/mol. The summed E-state index contributed by atoms with van der Waals surface area (Å²) in [5, 5.41) is 0. The van der Waals surface area contributed by atoms with Gasteiger partial charge < -0.3 is 14.7 Å². The van der Waals surface area contributed by atoms with Crippen LogP contribution in [0.5, 0.6) is 0 Å². The topological polar surface area (TPSA) is 9.72 Å². The molecule has 1 fully saturated rings. The van der Waals surface area contributed by atoms with Crippen LogP contribution in [0.2, 0.25) is 0 Å². The molecule has 80 heavy (non-hydrogen) atoms. The lowest BCUT2D eigenvalue weighted by molar-refractivity contribution is 0.0786. The molecule has 0 spiro atoms. The number of para-hydroxylation sites is 1. The zero-order chi connectivity index (χ0) is 56.9. The number of anilines is 8. The fraction of sp³-hybridized carbons (Fsp3) is 0.368. The number of hydrogen-bond donors (Lipinski definition) is 0. The van der Waals surface area contributed by atoms with E-state index in [1.165, 1.54) is 118 Å². The molecule has 3 nitrogen and oxygen atoms in total. The van der Waals surface area contributed by atoms with E-state index in [-0.39, 0.29) is 44.7 Å². The van der Waals surface area contributed by atoms with Crippen molar-refractivity contribution in [3.63, 3.8) is 0 Å².